The Hall–Kier alpha value is -1.49. The van der Waals surface area contributed by atoms with E-state index < -0.39 is 11.4 Å². The van der Waals surface area contributed by atoms with E-state index in [0.717, 1.165) is 4.90 Å². The summed E-state index contributed by atoms with van der Waals surface area (Å²) in [4.78, 5) is 24.8. The van der Waals surface area contributed by atoms with Crippen molar-refractivity contribution in [1.29, 1.82) is 0 Å². The number of carbonyl (C=O) groups is 2. The molecule has 1 saturated heterocycles. The number of halogens is 1. The van der Waals surface area contributed by atoms with Crippen molar-refractivity contribution in [2.75, 3.05) is 18.0 Å². The minimum absolute atomic E-state index is 0.312. The fourth-order valence-electron chi connectivity index (χ4n) is 1.35. The zero-order valence-electron chi connectivity index (χ0n) is 7.14. The molecule has 1 aliphatic heterocycles. The molecule has 0 saturated carbocycles. The van der Waals surface area contributed by atoms with Crippen molar-refractivity contribution in [2.45, 2.75) is 0 Å². The van der Waals surface area contributed by atoms with Crippen LogP contribution in [0.4, 0.5) is 15.3 Å². The third-order valence-electron chi connectivity index (χ3n) is 2.04. The zero-order chi connectivity index (χ0) is 10.1. The summed E-state index contributed by atoms with van der Waals surface area (Å²) < 4.78 is 4.84. The van der Waals surface area contributed by atoms with Crippen LogP contribution in [0.25, 0.3) is 0 Å². The molecule has 2 rings (SSSR count). The Morgan fingerprint density at radius 3 is 2.79 bits per heavy atom. The predicted molar refractivity (Wildman–Crippen MR) is 49.4 cm³/mol. The van der Waals surface area contributed by atoms with Crippen molar-refractivity contribution in [2.24, 2.45) is 0 Å². The molecular formula is C8H7ClN2O3. The Morgan fingerprint density at radius 1 is 1.50 bits per heavy atom. The number of rotatable bonds is 1. The van der Waals surface area contributed by atoms with Gasteiger partial charge in [-0.15, -0.1) is 0 Å². The average molecular weight is 215 g/mol. The summed E-state index contributed by atoms with van der Waals surface area (Å²) in [6.45, 7) is 0.753. The molecule has 0 N–H and O–H groups in total. The Labute approximate surface area is 84.8 Å². The first-order chi connectivity index (χ1) is 6.70. The van der Waals surface area contributed by atoms with Gasteiger partial charge in [0.1, 0.15) is 6.26 Å². The predicted octanol–water partition coefficient (Wildman–Crippen LogP) is 1.88. The van der Waals surface area contributed by atoms with Crippen molar-refractivity contribution in [3.63, 3.8) is 0 Å². The van der Waals surface area contributed by atoms with E-state index in [2.05, 4.69) is 0 Å². The van der Waals surface area contributed by atoms with Crippen LogP contribution in [0.2, 0.25) is 0 Å². The molecule has 14 heavy (non-hydrogen) atoms. The average Bonchev–Trinajstić information content (AvgIpc) is 2.71. The van der Waals surface area contributed by atoms with Crippen molar-refractivity contribution >= 4 is 28.7 Å². The van der Waals surface area contributed by atoms with Gasteiger partial charge in [-0.2, -0.15) is 0 Å². The zero-order valence-corrected chi connectivity index (χ0v) is 7.90. The molecule has 5 nitrogen and oxygen atoms in total. The van der Waals surface area contributed by atoms with E-state index in [9.17, 15) is 9.59 Å². The van der Waals surface area contributed by atoms with Gasteiger partial charge in [-0.1, -0.05) is 0 Å². The molecule has 0 unspecified atom stereocenters. The molecule has 1 aliphatic rings. The molecule has 0 atom stereocenters. The van der Waals surface area contributed by atoms with Crippen molar-refractivity contribution in [3.05, 3.63) is 18.6 Å². The van der Waals surface area contributed by atoms with Crippen LogP contribution in [-0.4, -0.2) is 29.4 Å². The first-order valence-corrected chi connectivity index (χ1v) is 4.38. The lowest BCUT2D eigenvalue weighted by molar-refractivity contribution is 0.214. The van der Waals surface area contributed by atoms with Crippen LogP contribution in [0, 0.1) is 0 Å². The van der Waals surface area contributed by atoms with Crippen LogP contribution >= 0.6 is 11.6 Å². The maximum atomic E-state index is 11.6. The highest BCUT2D eigenvalue weighted by Gasteiger charge is 2.33. The number of imide groups is 1. The summed E-state index contributed by atoms with van der Waals surface area (Å²) in [5.74, 6) is 0. The van der Waals surface area contributed by atoms with E-state index in [0.29, 0.717) is 18.8 Å². The molecule has 74 valence electrons. The molecular weight excluding hydrogens is 208 g/mol. The number of nitrogens with zero attached hydrogens (tertiary/aromatic N) is 2. The van der Waals surface area contributed by atoms with Crippen LogP contribution in [0.5, 0.6) is 0 Å². The topological polar surface area (TPSA) is 53.8 Å². The quantitative estimate of drug-likeness (QED) is 0.530. The largest absolute Gasteiger partial charge is 0.470 e. The molecule has 3 amide bonds. The second kappa shape index (κ2) is 3.34. The second-order valence-corrected chi connectivity index (χ2v) is 3.14. The summed E-state index contributed by atoms with van der Waals surface area (Å²) in [6.07, 6.45) is 2.91. The Morgan fingerprint density at radius 2 is 2.29 bits per heavy atom. The third-order valence-corrected chi connectivity index (χ3v) is 2.24. The lowest BCUT2D eigenvalue weighted by Crippen LogP contribution is -2.33. The fourth-order valence-corrected chi connectivity index (χ4v) is 1.51. The Balaban J connectivity index is 2.19. The van der Waals surface area contributed by atoms with E-state index >= 15 is 0 Å². The number of anilines is 1. The highest BCUT2D eigenvalue weighted by molar-refractivity contribution is 6.64. The minimum Gasteiger partial charge on any atom is -0.470 e. The van der Waals surface area contributed by atoms with Gasteiger partial charge in [0.2, 0.25) is 0 Å². The van der Waals surface area contributed by atoms with E-state index in [1.807, 2.05) is 0 Å². The standard InChI is InChI=1S/C8H7ClN2O3/c9-7(12)11-3-2-10(8(11)13)6-1-4-14-5-6/h1,4-5H,2-3H2. The molecule has 0 spiro atoms. The van der Waals surface area contributed by atoms with Gasteiger partial charge in [-0.25, -0.2) is 9.69 Å². The van der Waals surface area contributed by atoms with Gasteiger partial charge in [-0.05, 0) is 11.6 Å². The van der Waals surface area contributed by atoms with Gasteiger partial charge in [-0.3, -0.25) is 9.69 Å². The van der Waals surface area contributed by atoms with Gasteiger partial charge in [0, 0.05) is 19.2 Å². The van der Waals surface area contributed by atoms with Crippen molar-refractivity contribution in [1.82, 2.24) is 4.90 Å². The van der Waals surface area contributed by atoms with E-state index in [1.54, 1.807) is 6.07 Å². The van der Waals surface area contributed by atoms with E-state index in [-0.39, 0.29) is 0 Å². The van der Waals surface area contributed by atoms with Crippen molar-refractivity contribution in [3.8, 4) is 0 Å². The third kappa shape index (κ3) is 1.35. The number of hydrogen-bond donors (Lipinski definition) is 0. The molecule has 0 aliphatic carbocycles. The van der Waals surface area contributed by atoms with E-state index in [1.165, 1.54) is 17.4 Å². The van der Waals surface area contributed by atoms with Crippen LogP contribution in [0.1, 0.15) is 0 Å². The number of furan rings is 1. The lowest BCUT2D eigenvalue weighted by Gasteiger charge is -2.12. The molecule has 1 aromatic rings. The van der Waals surface area contributed by atoms with Crippen LogP contribution in [-0.2, 0) is 0 Å². The number of urea groups is 1. The molecule has 0 aromatic carbocycles. The first kappa shape index (κ1) is 9.08. The number of hydrogen-bond acceptors (Lipinski definition) is 3. The molecule has 0 bridgehead atoms. The van der Waals surface area contributed by atoms with E-state index in [4.69, 9.17) is 16.0 Å². The van der Waals surface area contributed by atoms with Crippen LogP contribution < -0.4 is 4.90 Å². The van der Waals surface area contributed by atoms with Crippen LogP contribution in [0.15, 0.2) is 23.0 Å². The fraction of sp³-hybridized carbons (Fsp3) is 0.250. The van der Waals surface area contributed by atoms with Gasteiger partial charge < -0.3 is 4.42 Å². The van der Waals surface area contributed by atoms with Gasteiger partial charge in [0.25, 0.3) is 0 Å². The minimum atomic E-state index is -0.749. The molecule has 1 fully saturated rings. The summed E-state index contributed by atoms with van der Waals surface area (Å²) in [5, 5.41) is -0.749. The molecule has 0 radical (unpaired) electrons. The maximum Gasteiger partial charge on any atom is 0.332 e. The molecule has 1 aromatic heterocycles. The SMILES string of the molecule is O=C(Cl)N1CCN(c2ccoc2)C1=O. The molecule has 2 heterocycles. The highest BCUT2D eigenvalue weighted by Crippen LogP contribution is 2.21. The van der Waals surface area contributed by atoms with Gasteiger partial charge >= 0.3 is 11.4 Å². The maximum absolute atomic E-state index is 11.6. The number of amides is 3. The second-order valence-electron chi connectivity index (χ2n) is 2.82. The van der Waals surface area contributed by atoms with Crippen molar-refractivity contribution < 1.29 is 14.0 Å². The number of carbonyl (C=O) groups excluding carboxylic acids is 2. The molecule has 6 heteroatoms. The lowest BCUT2D eigenvalue weighted by atomic mass is 10.4. The van der Waals surface area contributed by atoms with Crippen LogP contribution in [0.3, 0.4) is 0 Å². The Kier molecular flexibility index (Phi) is 2.17. The van der Waals surface area contributed by atoms with Gasteiger partial charge in [0.05, 0.1) is 12.0 Å². The summed E-state index contributed by atoms with van der Waals surface area (Å²) in [7, 11) is 0. The summed E-state index contributed by atoms with van der Waals surface area (Å²) >= 11 is 5.22. The summed E-state index contributed by atoms with van der Waals surface area (Å²) in [6, 6.07) is 1.24. The normalized spacial score (nSPS) is 16.5. The van der Waals surface area contributed by atoms with Gasteiger partial charge in [0.15, 0.2) is 0 Å². The Bertz CT molecular complexity index is 363. The first-order valence-electron chi connectivity index (χ1n) is 4.01. The smallest absolute Gasteiger partial charge is 0.332 e. The monoisotopic (exact) mass is 214 g/mol. The highest BCUT2D eigenvalue weighted by atomic mass is 35.5. The summed E-state index contributed by atoms with van der Waals surface area (Å²) in [5.41, 5.74) is 0.635.